The Bertz CT molecular complexity index is 692. The van der Waals surface area contributed by atoms with E-state index in [1.807, 2.05) is 12.1 Å². The van der Waals surface area contributed by atoms with Gasteiger partial charge in [-0.2, -0.15) is 0 Å². The number of nitrogens with zero attached hydrogens (tertiary/aromatic N) is 2. The Balaban J connectivity index is 1.39. The van der Waals surface area contributed by atoms with Gasteiger partial charge in [-0.15, -0.1) is 0 Å². The number of fused-ring (bicyclic) bond motifs is 2. The SMILES string of the molecule is CC(C)(C)[C@H]1CC[C@H](N2[C@@H]3CC[C@H]2C[C@@H](Nc2ccccc2[N+](=O)[O-])C3)CC1. The van der Waals surface area contributed by atoms with Crippen molar-refractivity contribution in [2.75, 3.05) is 5.32 Å². The summed E-state index contributed by atoms with van der Waals surface area (Å²) >= 11 is 0. The van der Waals surface area contributed by atoms with Crippen molar-refractivity contribution in [1.82, 2.24) is 4.90 Å². The third kappa shape index (κ3) is 3.91. The minimum atomic E-state index is -0.278. The third-order valence-corrected chi connectivity index (χ3v) is 7.59. The van der Waals surface area contributed by atoms with Gasteiger partial charge in [-0.1, -0.05) is 32.9 Å². The second-order valence-electron chi connectivity index (χ2n) is 10.3. The highest BCUT2D eigenvalue weighted by atomic mass is 16.6. The number of piperidine rings is 1. The van der Waals surface area contributed by atoms with Crippen LogP contribution >= 0.6 is 0 Å². The van der Waals surface area contributed by atoms with Gasteiger partial charge >= 0.3 is 0 Å². The van der Waals surface area contributed by atoms with E-state index in [9.17, 15) is 10.1 Å². The average molecular weight is 386 g/mol. The van der Waals surface area contributed by atoms with Crippen molar-refractivity contribution in [3.8, 4) is 0 Å². The molecule has 3 atom stereocenters. The molecule has 1 aromatic carbocycles. The van der Waals surface area contributed by atoms with Crippen LogP contribution in [0.5, 0.6) is 0 Å². The third-order valence-electron chi connectivity index (χ3n) is 7.59. The predicted octanol–water partition coefficient (Wildman–Crippen LogP) is 5.61. The number of nitrogens with one attached hydrogen (secondary N) is 1. The summed E-state index contributed by atoms with van der Waals surface area (Å²) in [5.74, 6) is 0.860. The molecule has 1 aliphatic carbocycles. The van der Waals surface area contributed by atoms with Crippen LogP contribution in [0.2, 0.25) is 0 Å². The maximum atomic E-state index is 11.3. The lowest BCUT2D eigenvalue weighted by atomic mass is 9.71. The van der Waals surface area contributed by atoms with Gasteiger partial charge in [-0.25, -0.2) is 0 Å². The van der Waals surface area contributed by atoms with Crippen LogP contribution in [0.3, 0.4) is 0 Å². The first-order chi connectivity index (χ1) is 13.3. The molecular formula is C23H35N3O2. The maximum Gasteiger partial charge on any atom is 0.292 e. The smallest absolute Gasteiger partial charge is 0.292 e. The molecule has 4 rings (SSSR count). The van der Waals surface area contributed by atoms with Gasteiger partial charge in [0.05, 0.1) is 4.92 Å². The van der Waals surface area contributed by atoms with Crippen LogP contribution in [0.15, 0.2) is 24.3 Å². The summed E-state index contributed by atoms with van der Waals surface area (Å²) in [6.45, 7) is 7.17. The van der Waals surface area contributed by atoms with Crippen molar-refractivity contribution in [2.45, 2.75) is 96.3 Å². The molecule has 2 saturated heterocycles. The summed E-state index contributed by atoms with van der Waals surface area (Å²) in [4.78, 5) is 13.9. The van der Waals surface area contributed by atoms with Gasteiger partial charge in [0.25, 0.3) is 5.69 Å². The highest BCUT2D eigenvalue weighted by Crippen LogP contribution is 2.45. The van der Waals surface area contributed by atoms with E-state index in [1.54, 1.807) is 12.1 Å². The summed E-state index contributed by atoms with van der Waals surface area (Å²) < 4.78 is 0. The molecule has 0 unspecified atom stereocenters. The Kier molecular flexibility index (Phi) is 5.38. The Morgan fingerprint density at radius 1 is 0.964 bits per heavy atom. The van der Waals surface area contributed by atoms with Crippen molar-refractivity contribution in [2.24, 2.45) is 11.3 Å². The molecule has 1 aromatic rings. The molecule has 1 N–H and O–H groups in total. The largest absolute Gasteiger partial charge is 0.377 e. The van der Waals surface area contributed by atoms with Crippen molar-refractivity contribution in [1.29, 1.82) is 0 Å². The normalized spacial score (nSPS) is 33.6. The van der Waals surface area contributed by atoms with Crippen LogP contribution in [-0.2, 0) is 0 Å². The van der Waals surface area contributed by atoms with Crippen LogP contribution in [0.4, 0.5) is 11.4 Å². The monoisotopic (exact) mass is 385 g/mol. The minimum Gasteiger partial charge on any atom is -0.377 e. The van der Waals surface area contributed by atoms with E-state index in [0.717, 1.165) is 24.8 Å². The second-order valence-corrected chi connectivity index (χ2v) is 10.3. The molecule has 2 heterocycles. The Hall–Kier alpha value is -1.62. The van der Waals surface area contributed by atoms with Gasteiger partial charge < -0.3 is 5.32 Å². The Labute approximate surface area is 169 Å². The standard InChI is InChI=1S/C23H35N3O2/c1-23(2,3)16-8-10-18(11-9-16)25-19-12-13-20(25)15-17(14-19)24-21-6-4-5-7-22(21)26(27)28/h4-7,16-20,24H,8-15H2,1-3H3/t16-,17-,18-,19+,20-. The zero-order valence-electron chi connectivity index (χ0n) is 17.6. The number of para-hydroxylation sites is 2. The summed E-state index contributed by atoms with van der Waals surface area (Å²) in [6.07, 6.45) is 10.2. The van der Waals surface area contributed by atoms with Crippen LogP contribution in [0, 0.1) is 21.4 Å². The van der Waals surface area contributed by atoms with Gasteiger partial charge in [0.15, 0.2) is 0 Å². The van der Waals surface area contributed by atoms with Crippen molar-refractivity contribution in [3.05, 3.63) is 34.4 Å². The van der Waals surface area contributed by atoms with Gasteiger partial charge in [0.1, 0.15) is 5.69 Å². The zero-order chi connectivity index (χ0) is 19.9. The summed E-state index contributed by atoms with van der Waals surface area (Å²) in [7, 11) is 0. The maximum absolute atomic E-state index is 11.3. The number of benzene rings is 1. The van der Waals surface area contributed by atoms with E-state index in [-0.39, 0.29) is 10.6 Å². The topological polar surface area (TPSA) is 58.4 Å². The van der Waals surface area contributed by atoms with E-state index >= 15 is 0 Å². The molecule has 0 aromatic heterocycles. The van der Waals surface area contributed by atoms with Gasteiger partial charge in [0.2, 0.25) is 0 Å². The number of nitro benzene ring substituents is 1. The molecule has 1 saturated carbocycles. The van der Waals surface area contributed by atoms with Crippen LogP contribution < -0.4 is 5.32 Å². The molecule has 3 fully saturated rings. The second kappa shape index (κ2) is 7.66. The van der Waals surface area contributed by atoms with Crippen molar-refractivity contribution < 1.29 is 4.92 Å². The molecule has 28 heavy (non-hydrogen) atoms. The fraction of sp³-hybridized carbons (Fsp3) is 0.739. The first-order valence-corrected chi connectivity index (χ1v) is 11.1. The van der Waals surface area contributed by atoms with Gasteiger partial charge in [0, 0.05) is 30.2 Å². The number of anilines is 1. The number of rotatable bonds is 4. The van der Waals surface area contributed by atoms with E-state index in [1.165, 1.54) is 38.5 Å². The summed E-state index contributed by atoms with van der Waals surface area (Å²) in [5, 5.41) is 14.8. The lowest BCUT2D eigenvalue weighted by Crippen LogP contribution is -2.52. The molecular weight excluding hydrogens is 350 g/mol. The van der Waals surface area contributed by atoms with E-state index < -0.39 is 0 Å². The van der Waals surface area contributed by atoms with Crippen LogP contribution in [-0.4, -0.2) is 34.0 Å². The highest BCUT2D eigenvalue weighted by Gasteiger charge is 2.45. The first kappa shape index (κ1) is 19.7. The summed E-state index contributed by atoms with van der Waals surface area (Å²) in [5.41, 5.74) is 1.31. The average Bonchev–Trinajstić information content (AvgIpc) is 2.92. The van der Waals surface area contributed by atoms with Gasteiger partial charge in [-0.3, -0.25) is 15.0 Å². The van der Waals surface area contributed by atoms with Gasteiger partial charge in [-0.05, 0) is 68.8 Å². The minimum absolute atomic E-state index is 0.192. The quantitative estimate of drug-likeness (QED) is 0.541. The molecule has 154 valence electrons. The van der Waals surface area contributed by atoms with E-state index in [2.05, 4.69) is 31.0 Å². The fourth-order valence-corrected chi connectivity index (χ4v) is 6.14. The lowest BCUT2D eigenvalue weighted by molar-refractivity contribution is -0.384. The molecule has 0 spiro atoms. The van der Waals surface area contributed by atoms with Crippen LogP contribution in [0.1, 0.15) is 72.1 Å². The molecule has 5 nitrogen and oxygen atoms in total. The van der Waals surface area contributed by atoms with E-state index in [0.29, 0.717) is 29.2 Å². The number of hydrogen-bond donors (Lipinski definition) is 1. The molecule has 0 amide bonds. The van der Waals surface area contributed by atoms with Crippen molar-refractivity contribution in [3.63, 3.8) is 0 Å². The predicted molar refractivity (Wildman–Crippen MR) is 114 cm³/mol. The Morgan fingerprint density at radius 3 is 2.11 bits per heavy atom. The molecule has 5 heteroatoms. The molecule has 3 aliphatic rings. The van der Waals surface area contributed by atoms with Crippen LogP contribution in [0.25, 0.3) is 0 Å². The molecule has 2 bridgehead atoms. The zero-order valence-corrected chi connectivity index (χ0v) is 17.6. The first-order valence-electron chi connectivity index (χ1n) is 11.1. The Morgan fingerprint density at radius 2 is 1.54 bits per heavy atom. The van der Waals surface area contributed by atoms with E-state index in [4.69, 9.17) is 0 Å². The molecule has 2 aliphatic heterocycles. The lowest BCUT2D eigenvalue weighted by Gasteiger charge is -2.47. The highest BCUT2D eigenvalue weighted by molar-refractivity contribution is 5.61. The molecule has 0 radical (unpaired) electrons. The number of nitro groups is 1. The summed E-state index contributed by atoms with van der Waals surface area (Å²) in [6, 6.07) is 9.46. The fourth-order valence-electron chi connectivity index (χ4n) is 6.14. The number of hydrogen-bond acceptors (Lipinski definition) is 4. The van der Waals surface area contributed by atoms with Crippen molar-refractivity contribution >= 4 is 11.4 Å².